The number of methoxy groups -OCH3 is 2. The fourth-order valence-corrected chi connectivity index (χ4v) is 4.46. The van der Waals surface area contributed by atoms with Crippen LogP contribution in [-0.2, 0) is 16.0 Å². The quantitative estimate of drug-likeness (QED) is 0.392. The van der Waals surface area contributed by atoms with Crippen LogP contribution in [0.25, 0.3) is 11.1 Å². The summed E-state index contributed by atoms with van der Waals surface area (Å²) in [6.07, 6.45) is 1.59. The Hall–Kier alpha value is -3.89. The summed E-state index contributed by atoms with van der Waals surface area (Å²) in [6.45, 7) is 5.51. The average Bonchev–Trinajstić information content (AvgIpc) is 2.84. The monoisotopic (exact) mass is 506 g/mol. The second-order valence-corrected chi connectivity index (χ2v) is 9.21. The van der Waals surface area contributed by atoms with Crippen LogP contribution in [0.3, 0.4) is 0 Å². The Bertz CT molecular complexity index is 1420. The summed E-state index contributed by atoms with van der Waals surface area (Å²) in [6, 6.07) is 12.6. The van der Waals surface area contributed by atoms with E-state index in [4.69, 9.17) is 21.1 Å². The number of esters is 1. The number of halogens is 1. The van der Waals surface area contributed by atoms with Crippen molar-refractivity contribution >= 4 is 23.4 Å². The predicted molar refractivity (Wildman–Crippen MR) is 138 cm³/mol. The molecule has 0 aliphatic heterocycles. The number of pyridine rings is 1. The molecule has 1 heterocycles. The number of ketones is 1. The first-order valence-electron chi connectivity index (χ1n) is 11.3. The molecule has 0 N–H and O–H groups in total. The highest BCUT2D eigenvalue weighted by Gasteiger charge is 2.27. The summed E-state index contributed by atoms with van der Waals surface area (Å²) in [4.78, 5) is 38.6. The van der Waals surface area contributed by atoms with Crippen molar-refractivity contribution in [3.63, 3.8) is 0 Å². The van der Waals surface area contributed by atoms with E-state index in [0.717, 1.165) is 5.56 Å². The normalized spacial score (nSPS) is 11.6. The van der Waals surface area contributed by atoms with Crippen molar-refractivity contribution in [2.24, 2.45) is 5.92 Å². The van der Waals surface area contributed by atoms with Gasteiger partial charge in [-0.2, -0.15) is 5.26 Å². The molecule has 0 radical (unpaired) electrons. The number of nitrogens with zero attached hydrogens (tertiary/aromatic N) is 2. The lowest BCUT2D eigenvalue weighted by Gasteiger charge is -2.24. The van der Waals surface area contributed by atoms with Gasteiger partial charge in [0.25, 0.3) is 5.56 Å². The molecule has 0 bridgehead atoms. The van der Waals surface area contributed by atoms with Gasteiger partial charge >= 0.3 is 5.97 Å². The SMILES string of the molecule is COC(=O)c1ccc(CC(=O)C(C(C)C)n2cc(OC)c(-c3cc(Cl)ccc3C#N)cc2=O)cc1C. The van der Waals surface area contributed by atoms with E-state index < -0.39 is 17.6 Å². The van der Waals surface area contributed by atoms with Crippen molar-refractivity contribution < 1.29 is 19.1 Å². The molecule has 0 saturated heterocycles. The minimum absolute atomic E-state index is 0.0779. The number of ether oxygens (including phenoxy) is 2. The van der Waals surface area contributed by atoms with Crippen LogP contribution in [0.5, 0.6) is 5.75 Å². The number of hydrogen-bond donors (Lipinski definition) is 0. The number of Topliss-reactive ketones (excluding diaryl/α,β-unsaturated/α-hetero) is 1. The molecular weight excluding hydrogens is 480 g/mol. The predicted octanol–water partition coefficient (Wildman–Crippen LogP) is 5.15. The smallest absolute Gasteiger partial charge is 0.338 e. The minimum atomic E-state index is -0.754. The van der Waals surface area contributed by atoms with Crippen LogP contribution in [0.2, 0.25) is 5.02 Å². The van der Waals surface area contributed by atoms with Crippen molar-refractivity contribution in [2.45, 2.75) is 33.2 Å². The van der Waals surface area contributed by atoms with Crippen LogP contribution in [-0.4, -0.2) is 30.5 Å². The van der Waals surface area contributed by atoms with Gasteiger partial charge in [0.05, 0.1) is 43.7 Å². The second kappa shape index (κ2) is 11.2. The first-order chi connectivity index (χ1) is 17.1. The zero-order valence-electron chi connectivity index (χ0n) is 20.8. The molecule has 1 unspecified atom stereocenters. The lowest BCUT2D eigenvalue weighted by atomic mass is 9.93. The molecule has 0 saturated carbocycles. The van der Waals surface area contributed by atoms with E-state index in [1.807, 2.05) is 13.8 Å². The van der Waals surface area contributed by atoms with E-state index in [1.54, 1.807) is 43.3 Å². The third kappa shape index (κ3) is 5.50. The van der Waals surface area contributed by atoms with E-state index >= 15 is 0 Å². The summed E-state index contributed by atoms with van der Waals surface area (Å²) in [5.41, 5.74) is 2.69. The molecule has 0 aliphatic carbocycles. The lowest BCUT2D eigenvalue weighted by Crippen LogP contribution is -2.33. The Kier molecular flexibility index (Phi) is 8.33. The summed E-state index contributed by atoms with van der Waals surface area (Å²) >= 11 is 6.14. The number of carbonyl (C=O) groups is 2. The Morgan fingerprint density at radius 3 is 2.39 bits per heavy atom. The number of carbonyl (C=O) groups excluding carboxylic acids is 2. The first-order valence-corrected chi connectivity index (χ1v) is 11.7. The number of nitriles is 1. The van der Waals surface area contributed by atoms with Crippen LogP contribution in [0.1, 0.15) is 46.9 Å². The highest BCUT2D eigenvalue weighted by molar-refractivity contribution is 6.31. The van der Waals surface area contributed by atoms with Gasteiger partial charge in [0.1, 0.15) is 5.75 Å². The molecule has 8 heteroatoms. The molecular formula is C28H27ClN2O5. The topological polar surface area (TPSA) is 98.4 Å². The maximum absolute atomic E-state index is 13.4. The van der Waals surface area contributed by atoms with Gasteiger partial charge in [-0.25, -0.2) is 4.79 Å². The fraction of sp³-hybridized carbons (Fsp3) is 0.286. The molecule has 0 aliphatic rings. The van der Waals surface area contributed by atoms with Crippen molar-refractivity contribution in [3.8, 4) is 22.9 Å². The van der Waals surface area contributed by atoms with Crippen molar-refractivity contribution in [1.82, 2.24) is 4.57 Å². The van der Waals surface area contributed by atoms with Gasteiger partial charge in [-0.05, 0) is 48.2 Å². The number of hydrogen-bond acceptors (Lipinski definition) is 6. The molecule has 36 heavy (non-hydrogen) atoms. The highest BCUT2D eigenvalue weighted by Crippen LogP contribution is 2.34. The number of benzene rings is 2. The molecule has 1 atom stereocenters. The maximum atomic E-state index is 13.4. The number of aromatic nitrogens is 1. The van der Waals surface area contributed by atoms with E-state index in [-0.39, 0.29) is 18.1 Å². The zero-order valence-corrected chi connectivity index (χ0v) is 21.6. The van der Waals surface area contributed by atoms with Crippen molar-refractivity contribution in [1.29, 1.82) is 5.26 Å². The Morgan fingerprint density at radius 2 is 1.81 bits per heavy atom. The summed E-state index contributed by atoms with van der Waals surface area (Å²) in [7, 11) is 2.78. The minimum Gasteiger partial charge on any atom is -0.495 e. The summed E-state index contributed by atoms with van der Waals surface area (Å²) < 4.78 is 11.7. The first kappa shape index (κ1) is 26.7. The van der Waals surface area contributed by atoms with Crippen LogP contribution in [0.15, 0.2) is 53.5 Å². The Labute approximate surface area is 214 Å². The fourth-order valence-electron chi connectivity index (χ4n) is 4.28. The molecule has 0 fully saturated rings. The number of rotatable bonds is 8. The molecule has 3 rings (SSSR count). The highest BCUT2D eigenvalue weighted by atomic mass is 35.5. The third-order valence-electron chi connectivity index (χ3n) is 5.99. The molecule has 7 nitrogen and oxygen atoms in total. The van der Waals surface area contributed by atoms with Gasteiger partial charge in [0.2, 0.25) is 0 Å². The molecule has 186 valence electrons. The van der Waals surface area contributed by atoms with Crippen LogP contribution >= 0.6 is 11.6 Å². The number of aryl methyl sites for hydroxylation is 1. The van der Waals surface area contributed by atoms with Crippen molar-refractivity contribution in [3.05, 3.63) is 86.3 Å². The zero-order chi connectivity index (χ0) is 26.6. The molecule has 1 aromatic heterocycles. The van der Waals surface area contributed by atoms with Gasteiger partial charge in [0, 0.05) is 28.6 Å². The van der Waals surface area contributed by atoms with Gasteiger partial charge in [-0.3, -0.25) is 9.59 Å². The van der Waals surface area contributed by atoms with E-state index in [1.165, 1.54) is 31.0 Å². The molecule has 0 amide bonds. The van der Waals surface area contributed by atoms with E-state index in [9.17, 15) is 19.6 Å². The van der Waals surface area contributed by atoms with E-state index in [0.29, 0.717) is 38.6 Å². The van der Waals surface area contributed by atoms with Crippen molar-refractivity contribution in [2.75, 3.05) is 14.2 Å². The Balaban J connectivity index is 2.03. The van der Waals surface area contributed by atoms with Crippen LogP contribution < -0.4 is 10.3 Å². The van der Waals surface area contributed by atoms with Crippen LogP contribution in [0.4, 0.5) is 0 Å². The average molecular weight is 507 g/mol. The maximum Gasteiger partial charge on any atom is 0.338 e. The summed E-state index contributed by atoms with van der Waals surface area (Å²) in [5.74, 6) is -0.455. The second-order valence-electron chi connectivity index (χ2n) is 8.78. The third-order valence-corrected chi connectivity index (χ3v) is 6.23. The van der Waals surface area contributed by atoms with Crippen LogP contribution in [0, 0.1) is 24.2 Å². The summed E-state index contributed by atoms with van der Waals surface area (Å²) in [5, 5.41) is 9.94. The largest absolute Gasteiger partial charge is 0.495 e. The lowest BCUT2D eigenvalue weighted by molar-refractivity contribution is -0.122. The van der Waals surface area contributed by atoms with Gasteiger partial charge in [-0.1, -0.05) is 37.6 Å². The Morgan fingerprint density at radius 1 is 1.08 bits per heavy atom. The van der Waals surface area contributed by atoms with Gasteiger partial charge < -0.3 is 14.0 Å². The molecule has 2 aromatic carbocycles. The van der Waals surface area contributed by atoms with Gasteiger partial charge in [-0.15, -0.1) is 0 Å². The molecule has 3 aromatic rings. The van der Waals surface area contributed by atoms with Gasteiger partial charge in [0.15, 0.2) is 5.78 Å². The van der Waals surface area contributed by atoms with E-state index in [2.05, 4.69) is 6.07 Å². The molecule has 0 spiro atoms. The standard InChI is InChI=1S/C28H27ClN2O5/c1-16(2)27(24(32)11-18-6-9-21(17(3)10-18)28(34)36-5)31-15-25(35-4)23(13-26(31)33)22-12-20(29)8-7-19(22)14-30/h6-10,12-13,15-16,27H,11H2,1-5H3.